The topological polar surface area (TPSA) is 87.5 Å². The number of aryl methyl sites for hydroxylation is 1. The number of hydrogen-bond donors (Lipinski definition) is 2. The fraction of sp³-hybridized carbons (Fsp3) is 0.615. The summed E-state index contributed by atoms with van der Waals surface area (Å²) in [6, 6.07) is 1.76. The number of aromatic nitrogens is 2. The summed E-state index contributed by atoms with van der Waals surface area (Å²) in [6.07, 6.45) is 3.20. The number of nitrogens with one attached hydrogen (secondary N) is 1. The van der Waals surface area contributed by atoms with Crippen LogP contribution in [0.3, 0.4) is 0 Å². The van der Waals surface area contributed by atoms with E-state index in [1.807, 2.05) is 0 Å². The average Bonchev–Trinajstić information content (AvgIpc) is 2.97. The summed E-state index contributed by atoms with van der Waals surface area (Å²) >= 11 is 0. The molecule has 2 fully saturated rings. The molecule has 0 aromatic carbocycles. The molecule has 7 nitrogen and oxygen atoms in total. The minimum Gasteiger partial charge on any atom is -0.465 e. The molecule has 2 heterocycles. The smallest absolute Gasteiger partial charge is 0.407 e. The van der Waals surface area contributed by atoms with Crippen molar-refractivity contribution in [3.05, 3.63) is 12.3 Å². The van der Waals surface area contributed by atoms with E-state index in [0.717, 1.165) is 19.3 Å². The molecule has 1 saturated carbocycles. The molecular weight excluding hydrogens is 260 g/mol. The van der Waals surface area contributed by atoms with Gasteiger partial charge in [0.2, 0.25) is 5.91 Å². The second kappa shape index (κ2) is 4.50. The van der Waals surface area contributed by atoms with Crippen molar-refractivity contribution in [2.24, 2.45) is 18.4 Å². The number of hydrogen-bond acceptors (Lipinski definition) is 3. The van der Waals surface area contributed by atoms with Crippen molar-refractivity contribution >= 4 is 17.8 Å². The van der Waals surface area contributed by atoms with E-state index in [4.69, 9.17) is 5.11 Å². The van der Waals surface area contributed by atoms with Gasteiger partial charge in [0.25, 0.3) is 0 Å². The summed E-state index contributed by atoms with van der Waals surface area (Å²) in [6.45, 7) is 1.07. The van der Waals surface area contributed by atoms with Crippen molar-refractivity contribution in [2.45, 2.75) is 19.3 Å². The molecule has 20 heavy (non-hydrogen) atoms. The second-order valence-electron chi connectivity index (χ2n) is 5.72. The van der Waals surface area contributed by atoms with Gasteiger partial charge in [0.1, 0.15) is 5.82 Å². The Morgan fingerprint density at radius 2 is 2.15 bits per heavy atom. The molecule has 2 amide bonds. The van der Waals surface area contributed by atoms with Crippen molar-refractivity contribution in [2.75, 3.05) is 18.4 Å². The van der Waals surface area contributed by atoms with Gasteiger partial charge in [-0.25, -0.2) is 4.79 Å². The third kappa shape index (κ3) is 2.13. The van der Waals surface area contributed by atoms with E-state index >= 15 is 0 Å². The number of anilines is 1. The van der Waals surface area contributed by atoms with E-state index in [-0.39, 0.29) is 17.2 Å². The molecule has 0 unspecified atom stereocenters. The average molecular weight is 278 g/mol. The summed E-state index contributed by atoms with van der Waals surface area (Å²) in [4.78, 5) is 24.5. The normalized spacial score (nSPS) is 23.6. The maximum atomic E-state index is 12.2. The summed E-state index contributed by atoms with van der Waals surface area (Å²) in [7, 11) is 1.78. The molecule has 3 rings (SSSR count). The first-order valence-corrected chi connectivity index (χ1v) is 6.79. The van der Waals surface area contributed by atoms with Gasteiger partial charge in [-0.3, -0.25) is 9.48 Å². The zero-order valence-corrected chi connectivity index (χ0v) is 11.4. The highest BCUT2D eigenvalue weighted by molar-refractivity contribution is 5.94. The number of rotatable bonds is 2. The van der Waals surface area contributed by atoms with Gasteiger partial charge in [0.15, 0.2) is 0 Å². The Balaban J connectivity index is 1.58. The van der Waals surface area contributed by atoms with Crippen LogP contribution in [-0.2, 0) is 11.8 Å². The van der Waals surface area contributed by atoms with E-state index in [1.54, 1.807) is 24.0 Å². The van der Waals surface area contributed by atoms with E-state index in [1.165, 1.54) is 4.90 Å². The van der Waals surface area contributed by atoms with Gasteiger partial charge in [-0.05, 0) is 24.7 Å². The Hall–Kier alpha value is -2.05. The molecule has 0 bridgehead atoms. The Morgan fingerprint density at radius 3 is 2.70 bits per heavy atom. The number of carboxylic acid groups (broad SMARTS) is 1. The third-order valence-corrected chi connectivity index (χ3v) is 4.61. The van der Waals surface area contributed by atoms with Crippen molar-refractivity contribution < 1.29 is 14.7 Å². The van der Waals surface area contributed by atoms with Gasteiger partial charge >= 0.3 is 6.09 Å². The van der Waals surface area contributed by atoms with Crippen LogP contribution in [0.5, 0.6) is 0 Å². The predicted octanol–water partition coefficient (Wildman–Crippen LogP) is 1.14. The molecule has 2 N–H and O–H groups in total. The number of nitrogens with zero attached hydrogens (tertiary/aromatic N) is 3. The van der Waals surface area contributed by atoms with Crippen LogP contribution in [-0.4, -0.2) is 44.9 Å². The van der Waals surface area contributed by atoms with Crippen molar-refractivity contribution in [1.82, 2.24) is 14.7 Å². The van der Waals surface area contributed by atoms with Gasteiger partial charge in [0, 0.05) is 32.1 Å². The van der Waals surface area contributed by atoms with Gasteiger partial charge < -0.3 is 15.3 Å². The Morgan fingerprint density at radius 1 is 1.45 bits per heavy atom. The number of likely N-dealkylation sites (tertiary alicyclic amines) is 1. The Kier molecular flexibility index (Phi) is 2.92. The lowest BCUT2D eigenvalue weighted by Gasteiger charge is -2.30. The SMILES string of the molecule is Cn1nccc1NC(=O)[C@H]1CC12CCN(C(=O)O)CC2. The van der Waals surface area contributed by atoms with E-state index < -0.39 is 6.09 Å². The van der Waals surface area contributed by atoms with Gasteiger partial charge in [-0.1, -0.05) is 0 Å². The van der Waals surface area contributed by atoms with E-state index in [0.29, 0.717) is 18.9 Å². The van der Waals surface area contributed by atoms with Crippen LogP contribution < -0.4 is 5.32 Å². The highest BCUT2D eigenvalue weighted by Gasteiger charge is 2.58. The minimum absolute atomic E-state index is 0.00773. The number of piperidine rings is 1. The van der Waals surface area contributed by atoms with Crippen LogP contribution in [0.1, 0.15) is 19.3 Å². The fourth-order valence-electron chi connectivity index (χ4n) is 3.12. The van der Waals surface area contributed by atoms with E-state index in [2.05, 4.69) is 10.4 Å². The van der Waals surface area contributed by atoms with Crippen LogP contribution in [0.15, 0.2) is 12.3 Å². The number of carbonyl (C=O) groups excluding carboxylic acids is 1. The summed E-state index contributed by atoms with van der Waals surface area (Å²) in [5.41, 5.74) is 0.0224. The summed E-state index contributed by atoms with van der Waals surface area (Å²) in [5, 5.41) is 15.8. The molecule has 1 aliphatic heterocycles. The highest BCUT2D eigenvalue weighted by Crippen LogP contribution is 2.59. The lowest BCUT2D eigenvalue weighted by molar-refractivity contribution is -0.118. The molecular formula is C13H18N4O3. The summed E-state index contributed by atoms with van der Waals surface area (Å²) in [5.74, 6) is 0.728. The highest BCUT2D eigenvalue weighted by atomic mass is 16.4. The first kappa shape index (κ1) is 13.0. The van der Waals surface area contributed by atoms with Crippen molar-refractivity contribution in [3.8, 4) is 0 Å². The molecule has 1 aliphatic carbocycles. The van der Waals surface area contributed by atoms with Crippen LogP contribution >= 0.6 is 0 Å². The quantitative estimate of drug-likeness (QED) is 0.849. The van der Waals surface area contributed by atoms with Crippen LogP contribution in [0.25, 0.3) is 0 Å². The fourth-order valence-corrected chi connectivity index (χ4v) is 3.12. The zero-order valence-electron chi connectivity index (χ0n) is 11.4. The zero-order chi connectivity index (χ0) is 14.3. The van der Waals surface area contributed by atoms with Crippen molar-refractivity contribution in [3.63, 3.8) is 0 Å². The van der Waals surface area contributed by atoms with Crippen LogP contribution in [0.2, 0.25) is 0 Å². The molecule has 108 valence electrons. The maximum absolute atomic E-state index is 12.2. The van der Waals surface area contributed by atoms with Gasteiger partial charge in [-0.15, -0.1) is 0 Å². The molecule has 1 saturated heterocycles. The predicted molar refractivity (Wildman–Crippen MR) is 71.2 cm³/mol. The van der Waals surface area contributed by atoms with Crippen molar-refractivity contribution in [1.29, 1.82) is 0 Å². The molecule has 2 aliphatic rings. The molecule has 1 spiro atoms. The van der Waals surface area contributed by atoms with Gasteiger partial charge in [0.05, 0.1) is 6.20 Å². The molecule has 1 atom stereocenters. The molecule has 1 aromatic rings. The first-order chi connectivity index (χ1) is 9.52. The minimum atomic E-state index is -0.864. The largest absolute Gasteiger partial charge is 0.465 e. The lowest BCUT2D eigenvalue weighted by Crippen LogP contribution is -2.39. The van der Waals surface area contributed by atoms with Crippen LogP contribution in [0.4, 0.5) is 10.6 Å². The molecule has 0 radical (unpaired) electrons. The first-order valence-electron chi connectivity index (χ1n) is 6.79. The van der Waals surface area contributed by atoms with Crippen LogP contribution in [0, 0.1) is 11.3 Å². The summed E-state index contributed by atoms with van der Waals surface area (Å²) < 4.78 is 1.62. The number of amides is 2. The third-order valence-electron chi connectivity index (χ3n) is 4.61. The lowest BCUT2D eigenvalue weighted by atomic mass is 9.91. The van der Waals surface area contributed by atoms with Gasteiger partial charge in [-0.2, -0.15) is 5.10 Å². The second-order valence-corrected chi connectivity index (χ2v) is 5.72. The van der Waals surface area contributed by atoms with E-state index in [9.17, 15) is 9.59 Å². The molecule has 7 heteroatoms. The standard InChI is InChI=1S/C13H18N4O3/c1-16-10(2-5-14-16)15-11(18)9-8-13(9)3-6-17(7-4-13)12(19)20/h2,5,9H,3-4,6-8H2,1H3,(H,15,18)(H,19,20)/t9-/m1/s1. The monoisotopic (exact) mass is 278 g/mol. The number of carbonyl (C=O) groups is 2. The Labute approximate surface area is 116 Å². The maximum Gasteiger partial charge on any atom is 0.407 e. The molecule has 1 aromatic heterocycles. The Bertz CT molecular complexity index is 546.